The Morgan fingerprint density at radius 3 is 2.38 bits per heavy atom. The first-order valence-corrected chi connectivity index (χ1v) is 12.4. The highest BCUT2D eigenvalue weighted by Crippen LogP contribution is 2.44. The molecular formula is C27H26N2O7S. The van der Waals surface area contributed by atoms with E-state index in [1.165, 1.54) is 12.0 Å². The van der Waals surface area contributed by atoms with Crippen LogP contribution >= 0.6 is 11.3 Å². The van der Waals surface area contributed by atoms with E-state index in [9.17, 15) is 19.5 Å². The number of hydrogen-bond acceptors (Lipinski definition) is 9. The molecule has 10 heteroatoms. The number of hydrogen-bond donors (Lipinski definition) is 1. The van der Waals surface area contributed by atoms with Crippen molar-refractivity contribution in [3.05, 3.63) is 75.8 Å². The number of esters is 1. The molecule has 2 heterocycles. The van der Waals surface area contributed by atoms with Gasteiger partial charge in [-0.05, 0) is 62.7 Å². The average molecular weight is 523 g/mol. The standard InChI is InChI=1S/C27H26N2O7S/c1-5-35-18-12-10-16(11-13-18)22(30)20-21(17-8-7-9-19(14-17)36-6-2)29(25(32)23(20)31)27-28-15(3)24(37-27)26(33)34-4/h7-14,21,30H,5-6H2,1-4H3. The molecule has 1 aliphatic heterocycles. The van der Waals surface area contributed by atoms with Crippen molar-refractivity contribution in [3.63, 3.8) is 0 Å². The predicted octanol–water partition coefficient (Wildman–Crippen LogP) is 4.66. The molecule has 1 N–H and O–H groups in total. The number of nitrogens with zero attached hydrogens (tertiary/aromatic N) is 2. The summed E-state index contributed by atoms with van der Waals surface area (Å²) in [5, 5.41) is 11.4. The fourth-order valence-electron chi connectivity index (χ4n) is 4.08. The van der Waals surface area contributed by atoms with E-state index in [1.807, 2.05) is 13.8 Å². The van der Waals surface area contributed by atoms with Crippen molar-refractivity contribution >= 4 is 39.9 Å². The molecule has 1 aromatic heterocycles. The Labute approximate surface area is 217 Å². The monoisotopic (exact) mass is 522 g/mol. The van der Waals surface area contributed by atoms with Gasteiger partial charge < -0.3 is 19.3 Å². The molecule has 37 heavy (non-hydrogen) atoms. The van der Waals surface area contributed by atoms with Gasteiger partial charge in [0.15, 0.2) is 5.13 Å². The number of ketones is 1. The Hall–Kier alpha value is -4.18. The highest BCUT2D eigenvalue weighted by molar-refractivity contribution is 7.17. The number of aromatic nitrogens is 1. The fraction of sp³-hybridized carbons (Fsp3) is 0.259. The maximum Gasteiger partial charge on any atom is 0.350 e. The largest absolute Gasteiger partial charge is 0.507 e. The normalized spacial score (nSPS) is 16.6. The lowest BCUT2D eigenvalue weighted by Gasteiger charge is -2.23. The highest BCUT2D eigenvalue weighted by atomic mass is 32.1. The molecule has 1 amide bonds. The first-order valence-electron chi connectivity index (χ1n) is 11.6. The molecular weight excluding hydrogens is 496 g/mol. The predicted molar refractivity (Wildman–Crippen MR) is 138 cm³/mol. The van der Waals surface area contributed by atoms with Crippen LogP contribution in [-0.2, 0) is 14.3 Å². The lowest BCUT2D eigenvalue weighted by Crippen LogP contribution is -2.29. The molecule has 9 nitrogen and oxygen atoms in total. The first-order chi connectivity index (χ1) is 17.8. The first kappa shape index (κ1) is 25.9. The number of thiazole rings is 1. The van der Waals surface area contributed by atoms with Gasteiger partial charge in [0.05, 0.1) is 37.6 Å². The zero-order chi connectivity index (χ0) is 26.7. The van der Waals surface area contributed by atoms with Crippen molar-refractivity contribution in [2.45, 2.75) is 26.8 Å². The maximum atomic E-state index is 13.4. The van der Waals surface area contributed by atoms with Gasteiger partial charge in [-0.1, -0.05) is 23.5 Å². The van der Waals surface area contributed by atoms with E-state index in [1.54, 1.807) is 55.5 Å². The number of benzene rings is 2. The Balaban J connectivity index is 1.90. The SMILES string of the molecule is CCOc1ccc(C(O)=C2C(=O)C(=O)N(c3nc(C)c(C(=O)OC)s3)C2c2cccc(OCC)c2)cc1. The minimum Gasteiger partial charge on any atom is -0.507 e. The van der Waals surface area contributed by atoms with Gasteiger partial charge in [-0.3, -0.25) is 14.5 Å². The van der Waals surface area contributed by atoms with Crippen LogP contribution in [0.5, 0.6) is 11.5 Å². The van der Waals surface area contributed by atoms with E-state index in [0.717, 1.165) is 11.3 Å². The van der Waals surface area contributed by atoms with Crippen LogP contribution in [0, 0.1) is 6.92 Å². The molecule has 1 unspecified atom stereocenters. The van der Waals surface area contributed by atoms with Crippen LogP contribution in [-0.4, -0.2) is 48.1 Å². The van der Waals surface area contributed by atoms with E-state index >= 15 is 0 Å². The summed E-state index contributed by atoms with van der Waals surface area (Å²) < 4.78 is 15.9. The van der Waals surface area contributed by atoms with Crippen molar-refractivity contribution in [2.75, 3.05) is 25.2 Å². The molecule has 1 saturated heterocycles. The number of Topliss-reactive ketones (excluding diaryl/α,β-unsaturated/α-hetero) is 1. The van der Waals surface area contributed by atoms with Crippen LogP contribution < -0.4 is 14.4 Å². The number of anilines is 1. The lowest BCUT2D eigenvalue weighted by atomic mass is 9.95. The van der Waals surface area contributed by atoms with Crippen LogP contribution in [0.25, 0.3) is 5.76 Å². The molecule has 1 aliphatic rings. The molecule has 2 aromatic carbocycles. The van der Waals surface area contributed by atoms with E-state index in [0.29, 0.717) is 41.5 Å². The molecule has 1 fully saturated rings. The van der Waals surface area contributed by atoms with E-state index in [-0.39, 0.29) is 21.3 Å². The van der Waals surface area contributed by atoms with Gasteiger partial charge in [-0.25, -0.2) is 9.78 Å². The molecule has 0 aliphatic carbocycles. The van der Waals surface area contributed by atoms with Gasteiger partial charge in [0.2, 0.25) is 0 Å². The van der Waals surface area contributed by atoms with E-state index < -0.39 is 23.7 Å². The number of aliphatic hydroxyl groups is 1. The smallest absolute Gasteiger partial charge is 0.350 e. The summed E-state index contributed by atoms with van der Waals surface area (Å²) in [6.45, 7) is 6.22. The summed E-state index contributed by atoms with van der Waals surface area (Å²) in [4.78, 5) is 44.8. The second-order valence-corrected chi connectivity index (χ2v) is 9.01. The number of aliphatic hydroxyl groups excluding tert-OH is 1. The summed E-state index contributed by atoms with van der Waals surface area (Å²) in [5.74, 6) is -1.53. The summed E-state index contributed by atoms with van der Waals surface area (Å²) in [6.07, 6.45) is 0. The van der Waals surface area contributed by atoms with E-state index in [2.05, 4.69) is 4.98 Å². The Morgan fingerprint density at radius 1 is 1.05 bits per heavy atom. The summed E-state index contributed by atoms with van der Waals surface area (Å²) in [7, 11) is 1.25. The molecule has 0 bridgehead atoms. The van der Waals surface area contributed by atoms with Gasteiger partial charge in [0, 0.05) is 5.56 Å². The van der Waals surface area contributed by atoms with Gasteiger partial charge >= 0.3 is 11.9 Å². The van der Waals surface area contributed by atoms with Gasteiger partial charge in [-0.2, -0.15) is 0 Å². The summed E-state index contributed by atoms with van der Waals surface area (Å²) >= 11 is 0.940. The van der Waals surface area contributed by atoms with Crippen LogP contribution in [0.1, 0.15) is 46.4 Å². The Bertz CT molecular complexity index is 1380. The molecule has 192 valence electrons. The van der Waals surface area contributed by atoms with Crippen molar-refractivity contribution in [1.82, 2.24) is 4.98 Å². The number of ether oxygens (including phenoxy) is 3. The number of aryl methyl sites for hydroxylation is 1. The number of carbonyl (C=O) groups is 3. The summed E-state index contributed by atoms with van der Waals surface area (Å²) in [5.41, 5.74) is 1.14. The molecule has 4 rings (SSSR count). The summed E-state index contributed by atoms with van der Waals surface area (Å²) in [6, 6.07) is 12.5. The molecule has 0 radical (unpaired) electrons. The van der Waals surface area contributed by atoms with Crippen molar-refractivity contribution in [1.29, 1.82) is 0 Å². The van der Waals surface area contributed by atoms with Crippen molar-refractivity contribution < 1.29 is 33.7 Å². The Kier molecular flexibility index (Phi) is 7.58. The zero-order valence-electron chi connectivity index (χ0n) is 20.8. The second kappa shape index (κ2) is 10.8. The van der Waals surface area contributed by atoms with E-state index in [4.69, 9.17) is 14.2 Å². The van der Waals surface area contributed by atoms with Gasteiger partial charge in [-0.15, -0.1) is 0 Å². The molecule has 0 saturated carbocycles. The third kappa shape index (κ3) is 4.92. The molecule has 1 atom stereocenters. The third-order valence-corrected chi connectivity index (χ3v) is 6.87. The second-order valence-electron chi connectivity index (χ2n) is 8.03. The van der Waals surface area contributed by atoms with Crippen LogP contribution in [0.2, 0.25) is 0 Å². The number of rotatable bonds is 8. The zero-order valence-corrected chi connectivity index (χ0v) is 21.6. The van der Waals surface area contributed by atoms with Crippen LogP contribution in [0.4, 0.5) is 5.13 Å². The highest BCUT2D eigenvalue weighted by Gasteiger charge is 2.48. The van der Waals surface area contributed by atoms with Crippen LogP contribution in [0.3, 0.4) is 0 Å². The number of methoxy groups -OCH3 is 1. The third-order valence-electron chi connectivity index (χ3n) is 5.73. The lowest BCUT2D eigenvalue weighted by molar-refractivity contribution is -0.132. The minimum atomic E-state index is -1.01. The topological polar surface area (TPSA) is 115 Å². The van der Waals surface area contributed by atoms with Gasteiger partial charge in [0.1, 0.15) is 22.1 Å². The molecule has 0 spiro atoms. The Morgan fingerprint density at radius 2 is 1.73 bits per heavy atom. The fourth-order valence-corrected chi connectivity index (χ4v) is 5.10. The molecule has 3 aromatic rings. The van der Waals surface area contributed by atoms with Crippen LogP contribution in [0.15, 0.2) is 54.1 Å². The maximum absolute atomic E-state index is 13.4. The van der Waals surface area contributed by atoms with Crippen molar-refractivity contribution in [2.24, 2.45) is 0 Å². The average Bonchev–Trinajstić information content (AvgIpc) is 3.40. The minimum absolute atomic E-state index is 0.102. The number of amides is 1. The van der Waals surface area contributed by atoms with Crippen molar-refractivity contribution in [3.8, 4) is 11.5 Å². The van der Waals surface area contributed by atoms with Gasteiger partial charge in [0.25, 0.3) is 5.78 Å². The number of carbonyl (C=O) groups excluding carboxylic acids is 3. The quantitative estimate of drug-likeness (QED) is 0.197.